The first-order chi connectivity index (χ1) is 9.79. The third kappa shape index (κ3) is 3.09. The molecule has 3 rings (SSSR count). The highest BCUT2D eigenvalue weighted by atomic mass is 14.9. The average molecular weight is 271 g/mol. The molecule has 1 nitrogen and oxygen atoms in total. The summed E-state index contributed by atoms with van der Waals surface area (Å²) in [4.78, 5) is 0. The van der Waals surface area contributed by atoms with Crippen molar-refractivity contribution in [1.82, 2.24) is 5.32 Å². The number of aryl methyl sites for hydroxylation is 1. The summed E-state index contributed by atoms with van der Waals surface area (Å²) in [5, 5.41) is 3.78. The maximum atomic E-state index is 3.78. The standard InChI is InChI=1S/C19H29N/c1-3-20-19(14(2)15-11-12-15)13-17-9-6-8-16-7-4-5-10-18(16)17/h4-5,7,10,14-15,17,19-20H,3,6,8-9,11-13H2,1-2H3. The van der Waals surface area contributed by atoms with Crippen molar-refractivity contribution in [3.8, 4) is 0 Å². The van der Waals surface area contributed by atoms with Crippen molar-refractivity contribution in [2.75, 3.05) is 6.54 Å². The smallest absolute Gasteiger partial charge is 0.0101 e. The molecule has 0 aromatic heterocycles. The minimum Gasteiger partial charge on any atom is -0.314 e. The second-order valence-electron chi connectivity index (χ2n) is 6.88. The number of hydrogen-bond donors (Lipinski definition) is 1. The molecule has 1 heteroatoms. The summed E-state index contributed by atoms with van der Waals surface area (Å²) in [7, 11) is 0. The van der Waals surface area contributed by atoms with Crippen LogP contribution in [0, 0.1) is 11.8 Å². The normalized spacial score (nSPS) is 25.0. The minimum absolute atomic E-state index is 0.712. The fourth-order valence-corrected chi connectivity index (χ4v) is 4.10. The largest absolute Gasteiger partial charge is 0.314 e. The zero-order valence-electron chi connectivity index (χ0n) is 13.1. The molecule has 0 saturated heterocycles. The van der Waals surface area contributed by atoms with Crippen molar-refractivity contribution in [2.45, 2.75) is 64.3 Å². The average Bonchev–Trinajstić information content (AvgIpc) is 3.31. The van der Waals surface area contributed by atoms with Crippen molar-refractivity contribution < 1.29 is 0 Å². The fraction of sp³-hybridized carbons (Fsp3) is 0.684. The fourth-order valence-electron chi connectivity index (χ4n) is 4.10. The molecule has 3 unspecified atom stereocenters. The predicted octanol–water partition coefficient (Wildman–Crippen LogP) is 4.52. The second kappa shape index (κ2) is 6.30. The van der Waals surface area contributed by atoms with Crippen LogP contribution in [-0.4, -0.2) is 12.6 Å². The van der Waals surface area contributed by atoms with Gasteiger partial charge in [0.15, 0.2) is 0 Å². The van der Waals surface area contributed by atoms with Gasteiger partial charge >= 0.3 is 0 Å². The Morgan fingerprint density at radius 1 is 1.20 bits per heavy atom. The van der Waals surface area contributed by atoms with E-state index in [0.29, 0.717) is 6.04 Å². The first kappa shape index (κ1) is 14.1. The van der Waals surface area contributed by atoms with E-state index in [-0.39, 0.29) is 0 Å². The molecule has 1 fully saturated rings. The van der Waals surface area contributed by atoms with E-state index in [4.69, 9.17) is 0 Å². The Morgan fingerprint density at radius 2 is 2.00 bits per heavy atom. The van der Waals surface area contributed by atoms with Crippen LogP contribution in [0.4, 0.5) is 0 Å². The molecule has 20 heavy (non-hydrogen) atoms. The summed E-state index contributed by atoms with van der Waals surface area (Å²) in [6, 6.07) is 9.86. The zero-order chi connectivity index (χ0) is 13.9. The quantitative estimate of drug-likeness (QED) is 0.802. The van der Waals surface area contributed by atoms with Gasteiger partial charge in [0.05, 0.1) is 0 Å². The Hall–Kier alpha value is -0.820. The molecule has 0 spiro atoms. The van der Waals surface area contributed by atoms with E-state index in [1.54, 1.807) is 11.1 Å². The Kier molecular flexibility index (Phi) is 4.45. The van der Waals surface area contributed by atoms with Gasteiger partial charge in [-0.05, 0) is 74.0 Å². The van der Waals surface area contributed by atoms with E-state index in [9.17, 15) is 0 Å². The molecule has 3 atom stereocenters. The lowest BCUT2D eigenvalue weighted by Crippen LogP contribution is -2.37. The molecule has 1 N–H and O–H groups in total. The summed E-state index contributed by atoms with van der Waals surface area (Å²) in [6.07, 6.45) is 8.31. The molecule has 110 valence electrons. The van der Waals surface area contributed by atoms with Crippen molar-refractivity contribution >= 4 is 0 Å². The lowest BCUT2D eigenvalue weighted by atomic mass is 9.77. The Labute approximate surface area is 124 Å². The molecular formula is C19H29N. The maximum Gasteiger partial charge on any atom is 0.0101 e. The third-order valence-corrected chi connectivity index (χ3v) is 5.50. The van der Waals surface area contributed by atoms with Gasteiger partial charge in [-0.3, -0.25) is 0 Å². The number of hydrogen-bond acceptors (Lipinski definition) is 1. The molecular weight excluding hydrogens is 242 g/mol. The van der Waals surface area contributed by atoms with E-state index >= 15 is 0 Å². The Balaban J connectivity index is 1.72. The lowest BCUT2D eigenvalue weighted by Gasteiger charge is -2.32. The number of fused-ring (bicyclic) bond motifs is 1. The Bertz CT molecular complexity index is 435. The summed E-state index contributed by atoms with van der Waals surface area (Å²) >= 11 is 0. The van der Waals surface area contributed by atoms with E-state index in [1.807, 2.05) is 0 Å². The van der Waals surface area contributed by atoms with Crippen LogP contribution in [0.25, 0.3) is 0 Å². The van der Waals surface area contributed by atoms with Crippen LogP contribution >= 0.6 is 0 Å². The maximum absolute atomic E-state index is 3.78. The zero-order valence-corrected chi connectivity index (χ0v) is 13.1. The van der Waals surface area contributed by atoms with Gasteiger partial charge in [-0.15, -0.1) is 0 Å². The van der Waals surface area contributed by atoms with Gasteiger partial charge in [0.1, 0.15) is 0 Å². The molecule has 2 aliphatic carbocycles. The van der Waals surface area contributed by atoms with E-state index in [0.717, 1.165) is 24.3 Å². The second-order valence-corrected chi connectivity index (χ2v) is 6.88. The summed E-state index contributed by atoms with van der Waals surface area (Å²) in [5.41, 5.74) is 3.25. The molecule has 1 aromatic carbocycles. The van der Waals surface area contributed by atoms with E-state index in [1.165, 1.54) is 38.5 Å². The number of rotatable bonds is 6. The third-order valence-electron chi connectivity index (χ3n) is 5.50. The summed E-state index contributed by atoms with van der Waals surface area (Å²) in [5.74, 6) is 2.63. The number of nitrogens with one attached hydrogen (secondary N) is 1. The van der Waals surface area contributed by atoms with Gasteiger partial charge in [-0.1, -0.05) is 38.1 Å². The van der Waals surface area contributed by atoms with Gasteiger partial charge in [0, 0.05) is 6.04 Å². The van der Waals surface area contributed by atoms with Crippen molar-refractivity contribution in [1.29, 1.82) is 0 Å². The molecule has 2 aliphatic rings. The molecule has 0 amide bonds. The first-order valence-electron chi connectivity index (χ1n) is 8.60. The minimum atomic E-state index is 0.712. The molecule has 0 bridgehead atoms. The van der Waals surface area contributed by atoms with Crippen LogP contribution in [0.15, 0.2) is 24.3 Å². The van der Waals surface area contributed by atoms with Gasteiger partial charge in [0.2, 0.25) is 0 Å². The van der Waals surface area contributed by atoms with Gasteiger partial charge in [-0.2, -0.15) is 0 Å². The van der Waals surface area contributed by atoms with Crippen molar-refractivity contribution in [3.05, 3.63) is 35.4 Å². The van der Waals surface area contributed by atoms with Gasteiger partial charge in [0.25, 0.3) is 0 Å². The van der Waals surface area contributed by atoms with E-state index in [2.05, 4.69) is 43.4 Å². The van der Waals surface area contributed by atoms with Crippen LogP contribution < -0.4 is 5.32 Å². The highest BCUT2D eigenvalue weighted by Gasteiger charge is 2.34. The van der Waals surface area contributed by atoms with Gasteiger partial charge in [-0.25, -0.2) is 0 Å². The van der Waals surface area contributed by atoms with Crippen LogP contribution in [0.1, 0.15) is 63.0 Å². The highest BCUT2D eigenvalue weighted by molar-refractivity contribution is 5.32. The molecule has 0 heterocycles. The molecule has 1 saturated carbocycles. The highest BCUT2D eigenvalue weighted by Crippen LogP contribution is 2.42. The molecule has 1 aromatic rings. The van der Waals surface area contributed by atoms with Crippen molar-refractivity contribution in [2.24, 2.45) is 11.8 Å². The summed E-state index contributed by atoms with van der Waals surface area (Å²) < 4.78 is 0. The topological polar surface area (TPSA) is 12.0 Å². The Morgan fingerprint density at radius 3 is 2.75 bits per heavy atom. The van der Waals surface area contributed by atoms with Crippen LogP contribution in [0.5, 0.6) is 0 Å². The monoisotopic (exact) mass is 271 g/mol. The first-order valence-corrected chi connectivity index (χ1v) is 8.60. The number of benzene rings is 1. The SMILES string of the molecule is CCNC(CC1CCCc2ccccc21)C(C)C1CC1. The van der Waals surface area contributed by atoms with Crippen LogP contribution in [0.3, 0.4) is 0 Å². The van der Waals surface area contributed by atoms with Crippen LogP contribution in [-0.2, 0) is 6.42 Å². The summed E-state index contributed by atoms with van der Waals surface area (Å²) in [6.45, 7) is 5.83. The van der Waals surface area contributed by atoms with Crippen molar-refractivity contribution in [3.63, 3.8) is 0 Å². The van der Waals surface area contributed by atoms with Crippen LogP contribution in [0.2, 0.25) is 0 Å². The predicted molar refractivity (Wildman–Crippen MR) is 86.1 cm³/mol. The molecule has 0 radical (unpaired) electrons. The van der Waals surface area contributed by atoms with Gasteiger partial charge < -0.3 is 5.32 Å². The van der Waals surface area contributed by atoms with E-state index < -0.39 is 0 Å². The lowest BCUT2D eigenvalue weighted by molar-refractivity contribution is 0.302. The molecule has 0 aliphatic heterocycles.